The SMILES string of the molecule is CC1(C)c2ccc(-c3cccc4c5cc6ccccc6cc5n(-c5nc(-c6ccc7c(c6)oc6ccccc67)nc(-c6ccc7c(c6)oc6ccccc67)n5)c34)cc2-c2c1ccc1ccccc21. The van der Waals surface area contributed by atoms with Gasteiger partial charge < -0.3 is 8.83 Å². The lowest BCUT2D eigenvalue weighted by molar-refractivity contribution is 0.661. The Labute approximate surface area is 389 Å². The highest BCUT2D eigenvalue weighted by Gasteiger charge is 2.37. The summed E-state index contributed by atoms with van der Waals surface area (Å²) in [6.45, 7) is 4.70. The molecule has 14 aromatic rings. The summed E-state index contributed by atoms with van der Waals surface area (Å²) >= 11 is 0. The Morgan fingerprint density at radius 2 is 0.941 bits per heavy atom. The van der Waals surface area contributed by atoms with Crippen molar-refractivity contribution >= 4 is 87.2 Å². The Morgan fingerprint density at radius 3 is 1.63 bits per heavy atom. The van der Waals surface area contributed by atoms with Crippen LogP contribution in [0, 0.1) is 0 Å². The maximum absolute atomic E-state index is 6.43. The van der Waals surface area contributed by atoms with Crippen LogP contribution in [0.1, 0.15) is 25.0 Å². The highest BCUT2D eigenvalue weighted by Crippen LogP contribution is 2.53. The third kappa shape index (κ3) is 5.25. The summed E-state index contributed by atoms with van der Waals surface area (Å²) in [4.78, 5) is 16.2. The first kappa shape index (κ1) is 37.4. The normalized spacial score (nSPS) is 13.3. The molecule has 6 nitrogen and oxygen atoms in total. The molecule has 0 bridgehead atoms. The van der Waals surface area contributed by atoms with E-state index in [1.54, 1.807) is 0 Å². The number of benzene rings is 10. The quantitative estimate of drug-likeness (QED) is 0.176. The second-order valence-electron chi connectivity index (χ2n) is 18.7. The second kappa shape index (κ2) is 13.6. The molecule has 68 heavy (non-hydrogen) atoms. The van der Waals surface area contributed by atoms with Crippen molar-refractivity contribution in [2.45, 2.75) is 19.3 Å². The highest BCUT2D eigenvalue weighted by molar-refractivity contribution is 6.17. The van der Waals surface area contributed by atoms with Gasteiger partial charge in [-0.25, -0.2) is 4.98 Å². The maximum Gasteiger partial charge on any atom is 0.238 e. The molecule has 4 heterocycles. The minimum Gasteiger partial charge on any atom is -0.456 e. The molecule has 6 heteroatoms. The molecular formula is C62H38N4O2. The van der Waals surface area contributed by atoms with Gasteiger partial charge in [-0.2, -0.15) is 9.97 Å². The number of fused-ring (bicyclic) bond motifs is 15. The predicted molar refractivity (Wildman–Crippen MR) is 278 cm³/mol. The molecule has 0 unspecified atom stereocenters. The van der Waals surface area contributed by atoms with Gasteiger partial charge in [0.05, 0.1) is 11.0 Å². The Hall–Kier alpha value is -8.87. The first-order chi connectivity index (χ1) is 33.4. The molecule has 4 aromatic heterocycles. The molecule has 0 aliphatic heterocycles. The Bertz CT molecular complexity index is 4360. The largest absolute Gasteiger partial charge is 0.456 e. The van der Waals surface area contributed by atoms with Crippen molar-refractivity contribution < 1.29 is 8.83 Å². The summed E-state index contributed by atoms with van der Waals surface area (Å²) in [5, 5.41) is 11.3. The van der Waals surface area contributed by atoms with E-state index in [0.29, 0.717) is 17.6 Å². The van der Waals surface area contributed by atoms with E-state index in [4.69, 9.17) is 23.8 Å². The Morgan fingerprint density at radius 1 is 0.382 bits per heavy atom. The third-order valence-electron chi connectivity index (χ3n) is 14.6. The molecule has 0 saturated heterocycles. The van der Waals surface area contributed by atoms with E-state index >= 15 is 0 Å². The molecule has 0 atom stereocenters. The zero-order chi connectivity index (χ0) is 44.8. The molecule has 1 aliphatic carbocycles. The molecule has 0 saturated carbocycles. The zero-order valence-electron chi connectivity index (χ0n) is 37.1. The van der Waals surface area contributed by atoms with Crippen LogP contribution >= 0.6 is 0 Å². The molecule has 10 aromatic carbocycles. The van der Waals surface area contributed by atoms with Crippen LogP contribution in [0.3, 0.4) is 0 Å². The van der Waals surface area contributed by atoms with Crippen molar-refractivity contribution in [1.29, 1.82) is 0 Å². The van der Waals surface area contributed by atoms with Crippen LogP contribution in [0.2, 0.25) is 0 Å². The molecule has 1 aliphatic rings. The van der Waals surface area contributed by atoms with Gasteiger partial charge in [0.1, 0.15) is 22.3 Å². The Kier molecular flexibility index (Phi) is 7.47. The van der Waals surface area contributed by atoms with Gasteiger partial charge >= 0.3 is 0 Å². The van der Waals surface area contributed by atoms with Gasteiger partial charge in [-0.05, 0) is 104 Å². The van der Waals surface area contributed by atoms with Gasteiger partial charge in [-0.3, -0.25) is 4.57 Å². The summed E-state index contributed by atoms with van der Waals surface area (Å²) in [5.74, 6) is 1.59. The lowest BCUT2D eigenvalue weighted by atomic mass is 9.82. The first-order valence-corrected chi connectivity index (χ1v) is 23.2. The standard InChI is InChI=1S/C62H38N4O2/c1-62(2)50-28-25-38(31-49(50)57-41-15-6-5-12-35(41)24-29-51(57)62)42-18-11-19-47-48-30-36-13-3-4-14-37(36)32-52(48)66(58(42)47)61-64-59(39-22-26-45-43-16-7-9-20-53(43)67-55(45)33-39)63-60(65-61)40-23-27-46-44-17-8-10-21-54(44)68-56(46)34-40/h3-34H,1-2H3. The molecule has 0 fully saturated rings. The number of rotatable bonds is 4. The highest BCUT2D eigenvalue weighted by atomic mass is 16.3. The molecule has 15 rings (SSSR count). The van der Waals surface area contributed by atoms with Crippen LogP contribution in [-0.2, 0) is 5.41 Å². The van der Waals surface area contributed by atoms with Crippen LogP contribution in [0.15, 0.2) is 203 Å². The molecule has 318 valence electrons. The van der Waals surface area contributed by atoms with E-state index in [1.165, 1.54) is 38.4 Å². The van der Waals surface area contributed by atoms with Crippen molar-refractivity contribution in [3.05, 3.63) is 205 Å². The van der Waals surface area contributed by atoms with E-state index in [0.717, 1.165) is 93.3 Å². The van der Waals surface area contributed by atoms with E-state index in [9.17, 15) is 0 Å². The van der Waals surface area contributed by atoms with E-state index < -0.39 is 0 Å². The van der Waals surface area contributed by atoms with Crippen molar-refractivity contribution in [3.63, 3.8) is 0 Å². The summed E-state index contributed by atoms with van der Waals surface area (Å²) in [6, 6.07) is 69.1. The van der Waals surface area contributed by atoms with E-state index in [-0.39, 0.29) is 5.41 Å². The van der Waals surface area contributed by atoms with Gasteiger partial charge in [-0.15, -0.1) is 0 Å². The fraction of sp³-hybridized carbons (Fsp3) is 0.0484. The van der Waals surface area contributed by atoms with Gasteiger partial charge in [0.25, 0.3) is 0 Å². The van der Waals surface area contributed by atoms with E-state index in [2.05, 4.69) is 176 Å². The summed E-state index contributed by atoms with van der Waals surface area (Å²) < 4.78 is 15.1. The average Bonchev–Trinajstić information content (AvgIpc) is 4.11. The van der Waals surface area contributed by atoms with Crippen LogP contribution in [0.5, 0.6) is 0 Å². The minimum absolute atomic E-state index is 0.150. The van der Waals surface area contributed by atoms with Gasteiger partial charge in [0, 0.05) is 54.4 Å². The second-order valence-corrected chi connectivity index (χ2v) is 18.7. The fourth-order valence-electron chi connectivity index (χ4n) is 11.3. The molecule has 0 N–H and O–H groups in total. The number of para-hydroxylation sites is 3. The summed E-state index contributed by atoms with van der Waals surface area (Å²) in [7, 11) is 0. The fourth-order valence-corrected chi connectivity index (χ4v) is 11.3. The van der Waals surface area contributed by atoms with Gasteiger partial charge in [-0.1, -0.05) is 153 Å². The Balaban J connectivity index is 1.02. The van der Waals surface area contributed by atoms with Crippen molar-refractivity contribution in [1.82, 2.24) is 19.5 Å². The average molecular weight is 871 g/mol. The van der Waals surface area contributed by atoms with Crippen LogP contribution in [-0.4, -0.2) is 19.5 Å². The van der Waals surface area contributed by atoms with Crippen molar-refractivity contribution in [2.24, 2.45) is 0 Å². The minimum atomic E-state index is -0.150. The van der Waals surface area contributed by atoms with Gasteiger partial charge in [0.15, 0.2) is 11.6 Å². The topological polar surface area (TPSA) is 69.9 Å². The molecule has 0 spiro atoms. The van der Waals surface area contributed by atoms with Crippen LogP contribution < -0.4 is 0 Å². The maximum atomic E-state index is 6.43. The summed E-state index contributed by atoms with van der Waals surface area (Å²) in [5.41, 5.74) is 14.3. The first-order valence-electron chi connectivity index (χ1n) is 23.2. The number of hydrogen-bond donors (Lipinski definition) is 0. The predicted octanol–water partition coefficient (Wildman–Crippen LogP) is 16.4. The number of nitrogens with zero attached hydrogens (tertiary/aromatic N) is 4. The molecule has 0 amide bonds. The molecular weight excluding hydrogens is 833 g/mol. The van der Waals surface area contributed by atoms with Gasteiger partial charge in [0.2, 0.25) is 5.95 Å². The number of aromatic nitrogens is 4. The lowest BCUT2D eigenvalue weighted by Crippen LogP contribution is -2.14. The van der Waals surface area contributed by atoms with E-state index in [1.807, 2.05) is 36.4 Å². The van der Waals surface area contributed by atoms with Crippen molar-refractivity contribution in [3.8, 4) is 51.0 Å². The zero-order valence-corrected chi connectivity index (χ0v) is 37.1. The summed E-state index contributed by atoms with van der Waals surface area (Å²) in [6.07, 6.45) is 0. The lowest BCUT2D eigenvalue weighted by Gasteiger charge is -2.21. The smallest absolute Gasteiger partial charge is 0.238 e. The monoisotopic (exact) mass is 870 g/mol. The number of hydrogen-bond acceptors (Lipinski definition) is 5. The van der Waals surface area contributed by atoms with Crippen LogP contribution in [0.25, 0.3) is 138 Å². The van der Waals surface area contributed by atoms with Crippen molar-refractivity contribution in [2.75, 3.05) is 0 Å². The third-order valence-corrected chi connectivity index (χ3v) is 14.6. The molecule has 0 radical (unpaired) electrons. The number of furan rings is 2. The van der Waals surface area contributed by atoms with Crippen LogP contribution in [0.4, 0.5) is 0 Å².